The number of nitrogens with one attached hydrogen (secondary N) is 2. The van der Waals surface area contributed by atoms with Crippen molar-refractivity contribution in [2.24, 2.45) is 29.6 Å². The first kappa shape index (κ1) is 52.8. The molecule has 0 radical (unpaired) electrons. The highest BCUT2D eigenvalue weighted by Crippen LogP contribution is 2.39. The molecule has 1 aliphatic carbocycles. The number of ether oxygens (including phenoxy) is 6. The summed E-state index contributed by atoms with van der Waals surface area (Å²) in [6.07, 6.45) is 2.42. The second-order valence-electron chi connectivity index (χ2n) is 19.1. The number of rotatable bonds is 9. The van der Waals surface area contributed by atoms with Crippen molar-refractivity contribution in [2.45, 2.75) is 167 Å². The Balaban J connectivity index is 1.44. The van der Waals surface area contributed by atoms with Gasteiger partial charge in [-0.05, 0) is 108 Å². The van der Waals surface area contributed by atoms with Crippen LogP contribution in [0.25, 0.3) is 0 Å². The fourth-order valence-corrected chi connectivity index (χ4v) is 10.3. The number of anilines is 1. The predicted molar refractivity (Wildman–Crippen MR) is 246 cm³/mol. The highest BCUT2D eigenvalue weighted by molar-refractivity contribution is 6.39. The molecule has 0 spiro atoms. The van der Waals surface area contributed by atoms with Gasteiger partial charge in [0, 0.05) is 52.0 Å². The number of aliphatic hydroxyl groups is 2. The number of piperidine rings is 1. The van der Waals surface area contributed by atoms with Gasteiger partial charge in [-0.1, -0.05) is 63.6 Å². The first-order chi connectivity index (χ1) is 31.4. The molecule has 4 aliphatic rings. The summed E-state index contributed by atoms with van der Waals surface area (Å²) in [4.78, 5) is 71.1. The minimum Gasteiger partial charge on any atom is -0.456 e. The Morgan fingerprint density at radius 3 is 2.26 bits per heavy atom. The number of carbonyl (C=O) groups excluding carboxylic acids is 5. The number of amides is 2. The quantitative estimate of drug-likeness (QED) is 0.0937. The highest BCUT2D eigenvalue weighted by atomic mass is 16.7. The van der Waals surface area contributed by atoms with Crippen molar-refractivity contribution in [3.05, 3.63) is 53.6 Å². The molecule has 4 N–H and O–H groups in total. The number of ketones is 2. The number of benzene rings is 1. The van der Waals surface area contributed by atoms with Crippen molar-refractivity contribution in [3.63, 3.8) is 0 Å². The van der Waals surface area contributed by atoms with Crippen LogP contribution in [0.4, 0.5) is 10.5 Å². The van der Waals surface area contributed by atoms with Crippen LogP contribution in [0.3, 0.4) is 0 Å². The fraction of sp³-hybridized carbons (Fsp3) is 0.700. The molecule has 3 aliphatic heterocycles. The number of aliphatic hydroxyl groups excluding tert-OH is 1. The number of hydrogen-bond acceptors (Lipinski definition) is 14. The van der Waals surface area contributed by atoms with Gasteiger partial charge in [-0.25, -0.2) is 15.0 Å². The van der Waals surface area contributed by atoms with E-state index in [2.05, 4.69) is 10.9 Å². The molecule has 16 nitrogen and oxygen atoms in total. The normalized spacial score (nSPS) is 36.8. The molecule has 16 heteroatoms. The summed E-state index contributed by atoms with van der Waals surface area (Å²) in [5.41, 5.74) is 7.68. The third-order valence-corrected chi connectivity index (χ3v) is 14.2. The number of allylic oxidation sites excluding steroid dienone is 3. The van der Waals surface area contributed by atoms with Crippen LogP contribution in [0.2, 0.25) is 0 Å². The van der Waals surface area contributed by atoms with E-state index in [4.69, 9.17) is 28.4 Å². The monoisotopic (exact) mass is 926 g/mol. The van der Waals surface area contributed by atoms with Gasteiger partial charge in [0.1, 0.15) is 30.1 Å². The standard InChI is InChI=1S/C50H75N3O13/c1-10-35-23-29(2)22-30(3)24-42(62-8)45-43(63-9)26-32(5)50(60,66-45)46(56)47(57)53-21-15-14-18-37(53)48(58)65-44(33(6)38(54)28-39(35)55)31(4)25-34-19-20-40(41(27-34)61-7)64-49(59)52-51-36-16-12-11-13-17-36/h11-13,16-17,23,25,30,32-35,37-38,40-45,51,54,60H,10,14-15,18-22,24,26-28H2,1-9H3,(H,52,59)/b29-23+,31-25+/t30-,32+,33+,34-,35+,37-,38-,40+,41+,42-,43-,44+,45+,50+/m0/s1. The lowest BCUT2D eigenvalue weighted by Gasteiger charge is -2.47. The smallest absolute Gasteiger partial charge is 0.426 e. The van der Waals surface area contributed by atoms with Gasteiger partial charge >= 0.3 is 12.1 Å². The molecule has 66 heavy (non-hydrogen) atoms. The maximum Gasteiger partial charge on any atom is 0.426 e. The Hall–Kier alpha value is -4.19. The summed E-state index contributed by atoms with van der Waals surface area (Å²) in [6, 6.07) is 7.97. The third-order valence-electron chi connectivity index (χ3n) is 14.2. The largest absolute Gasteiger partial charge is 0.456 e. The van der Waals surface area contributed by atoms with Gasteiger partial charge in [-0.15, -0.1) is 0 Å². The number of methoxy groups -OCH3 is 3. The summed E-state index contributed by atoms with van der Waals surface area (Å²) in [5.74, 6) is -7.85. The average Bonchev–Trinajstić information content (AvgIpc) is 3.31. The summed E-state index contributed by atoms with van der Waals surface area (Å²) >= 11 is 0. The molecule has 0 unspecified atom stereocenters. The van der Waals surface area contributed by atoms with E-state index in [1.165, 1.54) is 19.1 Å². The molecule has 5 rings (SSSR count). The molecule has 0 aromatic heterocycles. The molecule has 2 amide bonds. The highest BCUT2D eigenvalue weighted by Gasteiger charge is 2.56. The van der Waals surface area contributed by atoms with Crippen molar-refractivity contribution in [1.29, 1.82) is 0 Å². The number of nitrogens with zero attached hydrogens (tertiary/aromatic N) is 1. The van der Waals surface area contributed by atoms with E-state index in [1.54, 1.807) is 40.0 Å². The lowest BCUT2D eigenvalue weighted by Crippen LogP contribution is -2.64. The van der Waals surface area contributed by atoms with E-state index >= 15 is 0 Å². The maximum absolute atomic E-state index is 14.5. The Morgan fingerprint density at radius 2 is 1.59 bits per heavy atom. The van der Waals surface area contributed by atoms with Crippen molar-refractivity contribution < 1.29 is 62.6 Å². The Morgan fingerprint density at radius 1 is 0.909 bits per heavy atom. The second kappa shape index (κ2) is 24.2. The van der Waals surface area contributed by atoms with E-state index in [9.17, 15) is 34.2 Å². The topological polar surface area (TPSA) is 208 Å². The molecular formula is C50H75N3O13. The zero-order chi connectivity index (χ0) is 48.3. The van der Waals surface area contributed by atoms with Gasteiger partial charge in [0.05, 0.1) is 30.1 Å². The second-order valence-corrected chi connectivity index (χ2v) is 19.1. The average molecular weight is 926 g/mol. The summed E-state index contributed by atoms with van der Waals surface area (Å²) in [5, 5.41) is 23.9. The van der Waals surface area contributed by atoms with Crippen molar-refractivity contribution in [2.75, 3.05) is 33.3 Å². The van der Waals surface area contributed by atoms with E-state index in [-0.39, 0.29) is 43.4 Å². The van der Waals surface area contributed by atoms with Crippen LogP contribution < -0.4 is 10.9 Å². The fourth-order valence-electron chi connectivity index (χ4n) is 10.3. The lowest BCUT2D eigenvalue weighted by molar-refractivity contribution is -0.302. The molecule has 1 aromatic carbocycles. The molecule has 14 atom stereocenters. The van der Waals surface area contributed by atoms with Gasteiger partial charge < -0.3 is 43.5 Å². The molecule has 368 valence electrons. The number of cyclic esters (lactones) is 1. The molecule has 2 bridgehead atoms. The third kappa shape index (κ3) is 13.1. The molecule has 1 saturated carbocycles. The molecular weight excluding hydrogens is 851 g/mol. The Labute approximate surface area is 390 Å². The number of Topliss-reactive ketones (excluding diaryl/α,β-unsaturated/α-hetero) is 2. The van der Waals surface area contributed by atoms with Crippen LogP contribution in [0, 0.1) is 29.6 Å². The first-order valence-corrected chi connectivity index (χ1v) is 23.8. The van der Waals surface area contributed by atoms with Crippen molar-refractivity contribution in [1.82, 2.24) is 10.3 Å². The lowest BCUT2D eigenvalue weighted by atomic mass is 9.81. The van der Waals surface area contributed by atoms with Crippen LogP contribution >= 0.6 is 0 Å². The van der Waals surface area contributed by atoms with Crippen LogP contribution in [0.1, 0.15) is 112 Å². The van der Waals surface area contributed by atoms with Crippen LogP contribution in [0.5, 0.6) is 0 Å². The number of carbonyl (C=O) groups is 5. The van der Waals surface area contributed by atoms with Crippen LogP contribution in [-0.2, 0) is 47.6 Å². The molecule has 2 saturated heterocycles. The number of esters is 1. The maximum atomic E-state index is 14.5. The summed E-state index contributed by atoms with van der Waals surface area (Å²) < 4.78 is 35.9. The zero-order valence-electron chi connectivity index (χ0n) is 40.4. The first-order valence-electron chi connectivity index (χ1n) is 23.8. The minimum absolute atomic E-state index is 0.0145. The van der Waals surface area contributed by atoms with E-state index < -0.39 is 96.1 Å². The van der Waals surface area contributed by atoms with Gasteiger partial charge in [0.25, 0.3) is 11.7 Å². The molecule has 3 fully saturated rings. The van der Waals surface area contributed by atoms with Crippen molar-refractivity contribution in [3.8, 4) is 0 Å². The zero-order valence-corrected chi connectivity index (χ0v) is 40.4. The minimum atomic E-state index is -2.53. The molecule has 1 aromatic rings. The van der Waals surface area contributed by atoms with Gasteiger partial charge in [-0.2, -0.15) is 0 Å². The number of para-hydroxylation sites is 1. The summed E-state index contributed by atoms with van der Waals surface area (Å²) in [7, 11) is 4.61. The van der Waals surface area contributed by atoms with Gasteiger partial charge in [0.2, 0.25) is 5.79 Å². The van der Waals surface area contributed by atoms with Crippen LogP contribution in [0.15, 0.2) is 53.6 Å². The number of hydrogen-bond donors (Lipinski definition) is 4. The van der Waals surface area contributed by atoms with Crippen molar-refractivity contribution >= 4 is 35.2 Å². The number of fused-ring (bicyclic) bond motifs is 3. The van der Waals surface area contributed by atoms with E-state index in [0.717, 1.165) is 5.57 Å². The van der Waals surface area contributed by atoms with E-state index in [1.807, 2.05) is 51.1 Å². The summed E-state index contributed by atoms with van der Waals surface area (Å²) in [6.45, 7) is 11.2. The van der Waals surface area contributed by atoms with E-state index in [0.29, 0.717) is 62.6 Å². The Kier molecular flexibility index (Phi) is 19.4. The number of hydrazine groups is 1. The van der Waals surface area contributed by atoms with Gasteiger partial charge in [-0.3, -0.25) is 19.8 Å². The van der Waals surface area contributed by atoms with Crippen LogP contribution in [-0.4, -0.2) is 127 Å². The SMILES string of the molecule is CC[C@@H]1/C=C(\C)C[C@H](C)C[C@H](OC)[C@H]2O[C@@](O)(C(=O)C(=O)N3CCCC[C@H]3C(=O)O[C@H](/C(C)=C/[C@@H]3CC[C@@H](OC(=O)NNc4ccccc4)[C@H](OC)C3)[C@H](C)[C@@H](O)CC1=O)[C@H](C)C[C@@H]2OC. The Bertz CT molecular complexity index is 1880. The molecule has 3 heterocycles. The predicted octanol–water partition coefficient (Wildman–Crippen LogP) is 6.23. The van der Waals surface area contributed by atoms with Gasteiger partial charge in [0.15, 0.2) is 0 Å².